The van der Waals surface area contributed by atoms with Gasteiger partial charge in [0.05, 0.1) is 0 Å². The Hall–Kier alpha value is -0.560. The standard InChI is InChI=1S/C6H4F8/c1-3(7,8)5(11,12)6(13,14)4(2,9)10/h1-2H2. The molecule has 2 radical (unpaired) electrons. The number of rotatable bonds is 3. The van der Waals surface area contributed by atoms with Crippen LogP contribution in [-0.2, 0) is 0 Å². The molecule has 0 N–H and O–H groups in total. The van der Waals surface area contributed by atoms with Gasteiger partial charge in [-0.3, -0.25) is 0 Å². The van der Waals surface area contributed by atoms with Crippen LogP contribution in [0.4, 0.5) is 35.1 Å². The maximum absolute atomic E-state index is 12.1. The summed E-state index contributed by atoms with van der Waals surface area (Å²) in [5, 5.41) is 0. The molecule has 14 heavy (non-hydrogen) atoms. The van der Waals surface area contributed by atoms with E-state index in [0.29, 0.717) is 0 Å². The van der Waals surface area contributed by atoms with Crippen molar-refractivity contribution < 1.29 is 35.1 Å². The highest BCUT2D eigenvalue weighted by molar-refractivity contribution is 5.05. The van der Waals surface area contributed by atoms with Gasteiger partial charge in [0.2, 0.25) is 0 Å². The van der Waals surface area contributed by atoms with E-state index in [4.69, 9.17) is 0 Å². The van der Waals surface area contributed by atoms with E-state index in [2.05, 4.69) is 0 Å². The highest BCUT2D eigenvalue weighted by Crippen LogP contribution is 2.51. The van der Waals surface area contributed by atoms with E-state index >= 15 is 0 Å². The van der Waals surface area contributed by atoms with Crippen molar-refractivity contribution in [2.24, 2.45) is 0 Å². The lowest BCUT2D eigenvalue weighted by molar-refractivity contribution is -0.345. The molecule has 0 unspecified atom stereocenters. The van der Waals surface area contributed by atoms with E-state index in [1.165, 1.54) is 13.8 Å². The molecule has 0 nitrogen and oxygen atoms in total. The third-order valence-electron chi connectivity index (χ3n) is 1.31. The molecule has 8 heteroatoms. The highest BCUT2D eigenvalue weighted by Gasteiger charge is 2.77. The van der Waals surface area contributed by atoms with Crippen molar-refractivity contribution in [1.29, 1.82) is 0 Å². The zero-order valence-corrected chi connectivity index (χ0v) is 6.44. The van der Waals surface area contributed by atoms with Crippen molar-refractivity contribution in [3.05, 3.63) is 13.8 Å². The monoisotopic (exact) mass is 228 g/mol. The maximum atomic E-state index is 12.1. The van der Waals surface area contributed by atoms with E-state index in [-0.39, 0.29) is 0 Å². The molecule has 0 spiro atoms. The van der Waals surface area contributed by atoms with E-state index < -0.39 is 23.7 Å². The van der Waals surface area contributed by atoms with Gasteiger partial charge in [0, 0.05) is 13.8 Å². The lowest BCUT2D eigenvalue weighted by Crippen LogP contribution is -2.60. The lowest BCUT2D eigenvalue weighted by atomic mass is 10.0. The molecule has 0 aromatic carbocycles. The van der Waals surface area contributed by atoms with Gasteiger partial charge in [0.25, 0.3) is 0 Å². The van der Waals surface area contributed by atoms with Gasteiger partial charge >= 0.3 is 23.7 Å². The predicted octanol–water partition coefficient (Wildman–Crippen LogP) is 3.20. The summed E-state index contributed by atoms with van der Waals surface area (Å²) in [7, 11) is 0. The minimum Gasteiger partial charge on any atom is -0.200 e. The van der Waals surface area contributed by atoms with Gasteiger partial charge in [-0.05, 0) is 0 Å². The second kappa shape index (κ2) is 2.96. The Morgan fingerprint density at radius 1 is 0.500 bits per heavy atom. The van der Waals surface area contributed by atoms with Gasteiger partial charge in [-0.15, -0.1) is 0 Å². The SMILES string of the molecule is [CH2]C(F)(F)C(F)(F)C(F)(F)C([CH2])(F)F. The van der Waals surface area contributed by atoms with Crippen molar-refractivity contribution in [1.82, 2.24) is 0 Å². The molecule has 0 aliphatic carbocycles. The largest absolute Gasteiger partial charge is 0.378 e. The van der Waals surface area contributed by atoms with Crippen molar-refractivity contribution >= 4 is 0 Å². The van der Waals surface area contributed by atoms with Gasteiger partial charge in [0.1, 0.15) is 0 Å². The van der Waals surface area contributed by atoms with Gasteiger partial charge in [-0.25, -0.2) is 0 Å². The van der Waals surface area contributed by atoms with Crippen molar-refractivity contribution in [2.75, 3.05) is 0 Å². The Kier molecular flexibility index (Phi) is 2.84. The van der Waals surface area contributed by atoms with E-state index in [0.717, 1.165) is 0 Å². The fourth-order valence-electron chi connectivity index (χ4n) is 0.459. The van der Waals surface area contributed by atoms with Gasteiger partial charge < -0.3 is 0 Å². The molecule has 0 aromatic heterocycles. The Balaban J connectivity index is 5.30. The number of alkyl halides is 8. The van der Waals surface area contributed by atoms with Crippen LogP contribution in [0.2, 0.25) is 0 Å². The molecule has 0 amide bonds. The summed E-state index contributed by atoms with van der Waals surface area (Å²) in [6.45, 7) is 2.79. The van der Waals surface area contributed by atoms with Crippen LogP contribution in [0.5, 0.6) is 0 Å². The quantitative estimate of drug-likeness (QED) is 0.650. The fraction of sp³-hybridized carbons (Fsp3) is 0.667. The topological polar surface area (TPSA) is 0 Å². The molecule has 0 aliphatic rings. The summed E-state index contributed by atoms with van der Waals surface area (Å²) in [6, 6.07) is 0. The molecule has 0 heterocycles. The van der Waals surface area contributed by atoms with Gasteiger partial charge in [0.15, 0.2) is 0 Å². The molecular formula is C6H4F8. The molecule has 0 aliphatic heterocycles. The molecule has 84 valence electrons. The Bertz CT molecular complexity index is 183. The van der Waals surface area contributed by atoms with E-state index in [1.807, 2.05) is 0 Å². The minimum atomic E-state index is -6.27. The zero-order valence-electron chi connectivity index (χ0n) is 6.44. The van der Waals surface area contributed by atoms with Crippen LogP contribution in [0.15, 0.2) is 0 Å². The van der Waals surface area contributed by atoms with Crippen LogP contribution in [0.1, 0.15) is 0 Å². The Labute approximate surface area is 73.9 Å². The van der Waals surface area contributed by atoms with Gasteiger partial charge in [-0.1, -0.05) is 0 Å². The zero-order chi connectivity index (χ0) is 12.0. The summed E-state index contributed by atoms with van der Waals surface area (Å²) in [5.41, 5.74) is 0. The van der Waals surface area contributed by atoms with E-state index in [9.17, 15) is 35.1 Å². The summed E-state index contributed by atoms with van der Waals surface area (Å²) in [6.07, 6.45) is 0. The predicted molar refractivity (Wildman–Crippen MR) is 30.5 cm³/mol. The number of hydrogen-bond donors (Lipinski definition) is 0. The molecular weight excluding hydrogens is 224 g/mol. The van der Waals surface area contributed by atoms with Crippen LogP contribution in [-0.4, -0.2) is 23.7 Å². The summed E-state index contributed by atoms with van der Waals surface area (Å²) >= 11 is 0. The van der Waals surface area contributed by atoms with Crippen molar-refractivity contribution in [3.63, 3.8) is 0 Å². The summed E-state index contributed by atoms with van der Waals surface area (Å²) in [5.74, 6) is -23.6. The second-order valence-electron chi connectivity index (χ2n) is 2.56. The normalized spacial score (nSPS) is 15.9. The first-order valence-electron chi connectivity index (χ1n) is 2.97. The highest BCUT2D eigenvalue weighted by atomic mass is 19.4. The van der Waals surface area contributed by atoms with E-state index in [1.54, 1.807) is 0 Å². The first-order chi connectivity index (χ1) is 5.75. The van der Waals surface area contributed by atoms with Crippen LogP contribution in [0, 0.1) is 13.8 Å². The first kappa shape index (κ1) is 13.4. The van der Waals surface area contributed by atoms with Crippen LogP contribution in [0.25, 0.3) is 0 Å². The lowest BCUT2D eigenvalue weighted by Gasteiger charge is -2.33. The third kappa shape index (κ3) is 1.78. The molecule has 0 fully saturated rings. The first-order valence-corrected chi connectivity index (χ1v) is 2.97. The van der Waals surface area contributed by atoms with Crippen LogP contribution in [0.3, 0.4) is 0 Å². The maximum Gasteiger partial charge on any atom is 0.378 e. The average Bonchev–Trinajstić information content (AvgIpc) is 1.81. The van der Waals surface area contributed by atoms with Crippen molar-refractivity contribution in [2.45, 2.75) is 23.7 Å². The smallest absolute Gasteiger partial charge is 0.200 e. The van der Waals surface area contributed by atoms with Crippen LogP contribution >= 0.6 is 0 Å². The molecule has 0 saturated heterocycles. The fourth-order valence-corrected chi connectivity index (χ4v) is 0.459. The molecule has 0 saturated carbocycles. The van der Waals surface area contributed by atoms with Crippen LogP contribution < -0.4 is 0 Å². The molecule has 0 bridgehead atoms. The second-order valence-corrected chi connectivity index (χ2v) is 2.56. The number of hydrogen-bond acceptors (Lipinski definition) is 0. The molecule has 0 rings (SSSR count). The summed E-state index contributed by atoms with van der Waals surface area (Å²) in [4.78, 5) is 0. The minimum absolute atomic E-state index is 1.40. The Morgan fingerprint density at radius 2 is 0.643 bits per heavy atom. The molecule has 0 aromatic rings. The summed E-state index contributed by atoms with van der Waals surface area (Å²) < 4.78 is 95.8. The number of halogens is 8. The van der Waals surface area contributed by atoms with Gasteiger partial charge in [-0.2, -0.15) is 35.1 Å². The molecule has 0 atom stereocenters. The Morgan fingerprint density at radius 3 is 0.714 bits per heavy atom. The van der Waals surface area contributed by atoms with Crippen molar-refractivity contribution in [3.8, 4) is 0 Å². The third-order valence-corrected chi connectivity index (χ3v) is 1.31. The average molecular weight is 228 g/mol.